The third-order valence-electron chi connectivity index (χ3n) is 3.28. The number of ketones is 1. The van der Waals surface area contributed by atoms with E-state index in [0.717, 1.165) is 37.8 Å². The van der Waals surface area contributed by atoms with Crippen molar-refractivity contribution in [1.82, 2.24) is 0 Å². The maximum absolute atomic E-state index is 12.6. The van der Waals surface area contributed by atoms with Gasteiger partial charge in [0.05, 0.1) is 5.56 Å². The average Bonchev–Trinajstić information content (AvgIpc) is 2.66. The minimum Gasteiger partial charge on any atom is -0.289 e. The van der Waals surface area contributed by atoms with Crippen LogP contribution in [0.4, 0.5) is 13.2 Å². The summed E-state index contributed by atoms with van der Waals surface area (Å²) in [5, 5.41) is 0. The van der Waals surface area contributed by atoms with Gasteiger partial charge in [-0.1, -0.05) is 24.6 Å². The van der Waals surface area contributed by atoms with E-state index in [2.05, 4.69) is 0 Å². The molecule has 0 unspecified atom stereocenters. The molecule has 0 aliphatic heterocycles. The molecule has 1 aromatic rings. The number of benzene rings is 1. The zero-order chi connectivity index (χ0) is 13.9. The van der Waals surface area contributed by atoms with Crippen LogP contribution in [0.1, 0.15) is 48.0 Å². The summed E-state index contributed by atoms with van der Waals surface area (Å²) in [6.45, 7) is 0. The Bertz CT molecular complexity index is 500. The number of halogens is 3. The van der Waals surface area contributed by atoms with Gasteiger partial charge in [-0.15, -0.1) is 0 Å². The van der Waals surface area contributed by atoms with Crippen molar-refractivity contribution in [2.75, 3.05) is 0 Å². The Hall–Kier alpha value is -1.58. The lowest BCUT2D eigenvalue weighted by Crippen LogP contribution is -2.08. The van der Waals surface area contributed by atoms with Crippen molar-refractivity contribution in [2.45, 2.75) is 38.3 Å². The van der Waals surface area contributed by atoms with Crippen molar-refractivity contribution in [3.05, 3.63) is 47.0 Å². The number of alkyl halides is 3. The fourth-order valence-corrected chi connectivity index (χ4v) is 2.24. The minimum absolute atomic E-state index is 0.128. The van der Waals surface area contributed by atoms with E-state index < -0.39 is 11.7 Å². The maximum Gasteiger partial charge on any atom is 0.416 e. The molecule has 0 aromatic heterocycles. The van der Waals surface area contributed by atoms with Crippen molar-refractivity contribution in [2.24, 2.45) is 0 Å². The zero-order valence-electron chi connectivity index (χ0n) is 10.5. The lowest BCUT2D eigenvalue weighted by Gasteiger charge is -2.09. The molecule has 0 amide bonds. The van der Waals surface area contributed by atoms with Crippen LogP contribution in [-0.4, -0.2) is 5.78 Å². The molecule has 0 radical (unpaired) electrons. The van der Waals surface area contributed by atoms with Crippen molar-refractivity contribution >= 4 is 5.78 Å². The van der Waals surface area contributed by atoms with Crippen molar-refractivity contribution in [3.8, 4) is 0 Å². The summed E-state index contributed by atoms with van der Waals surface area (Å²) in [6.07, 6.45) is 1.99. The highest BCUT2D eigenvalue weighted by molar-refractivity contribution is 6.08. The van der Waals surface area contributed by atoms with Gasteiger partial charge in [0.1, 0.15) is 0 Å². The van der Waals surface area contributed by atoms with Crippen LogP contribution in [-0.2, 0) is 6.18 Å². The number of hydrogen-bond acceptors (Lipinski definition) is 1. The molecule has 0 heterocycles. The lowest BCUT2D eigenvalue weighted by atomic mass is 9.98. The number of allylic oxidation sites excluding steroid dienone is 2. The van der Waals surface area contributed by atoms with E-state index in [1.54, 1.807) is 0 Å². The molecular weight excluding hydrogens is 253 g/mol. The van der Waals surface area contributed by atoms with E-state index in [4.69, 9.17) is 0 Å². The van der Waals surface area contributed by atoms with E-state index >= 15 is 0 Å². The second kappa shape index (κ2) is 5.59. The van der Waals surface area contributed by atoms with Gasteiger partial charge < -0.3 is 0 Å². The van der Waals surface area contributed by atoms with Crippen LogP contribution >= 0.6 is 0 Å². The van der Waals surface area contributed by atoms with Gasteiger partial charge >= 0.3 is 6.18 Å². The molecule has 0 bridgehead atoms. The zero-order valence-corrected chi connectivity index (χ0v) is 10.5. The molecule has 0 N–H and O–H groups in total. The van der Waals surface area contributed by atoms with Crippen LogP contribution in [0.3, 0.4) is 0 Å². The Labute approximate surface area is 110 Å². The standard InChI is InChI=1S/C15H15F3O/c16-15(17,18)13-9-5-8-12(10-13)14(19)11-6-3-1-2-4-7-11/h5-6,8-10H,1-4,7H2. The number of carbonyl (C=O) groups excluding carboxylic acids is 1. The molecule has 0 spiro atoms. The lowest BCUT2D eigenvalue weighted by molar-refractivity contribution is -0.137. The fourth-order valence-electron chi connectivity index (χ4n) is 2.24. The third-order valence-corrected chi connectivity index (χ3v) is 3.28. The summed E-state index contributed by atoms with van der Waals surface area (Å²) >= 11 is 0. The molecule has 0 atom stereocenters. The minimum atomic E-state index is -4.41. The number of carbonyl (C=O) groups is 1. The second-order valence-corrected chi connectivity index (χ2v) is 4.74. The molecule has 0 saturated heterocycles. The summed E-state index contributed by atoms with van der Waals surface area (Å²) in [5.74, 6) is -0.270. The summed E-state index contributed by atoms with van der Waals surface area (Å²) in [4.78, 5) is 12.2. The second-order valence-electron chi connectivity index (χ2n) is 4.74. The molecule has 0 saturated carbocycles. The van der Waals surface area contributed by atoms with Crippen molar-refractivity contribution in [1.29, 1.82) is 0 Å². The topological polar surface area (TPSA) is 17.1 Å². The Balaban J connectivity index is 2.26. The Kier molecular flexibility index (Phi) is 4.08. The highest BCUT2D eigenvalue weighted by atomic mass is 19.4. The van der Waals surface area contributed by atoms with E-state index in [1.165, 1.54) is 12.1 Å². The van der Waals surface area contributed by atoms with Gasteiger partial charge in [0.2, 0.25) is 0 Å². The fraction of sp³-hybridized carbons (Fsp3) is 0.400. The molecule has 1 nitrogen and oxygen atoms in total. The Morgan fingerprint density at radius 1 is 1.11 bits per heavy atom. The van der Waals surface area contributed by atoms with Crippen LogP contribution in [0.15, 0.2) is 35.9 Å². The predicted molar refractivity (Wildman–Crippen MR) is 66.9 cm³/mol. The predicted octanol–water partition coefficient (Wildman–Crippen LogP) is 4.78. The van der Waals surface area contributed by atoms with Crippen LogP contribution in [0.2, 0.25) is 0 Å². The normalized spacial score (nSPS) is 16.7. The average molecular weight is 268 g/mol. The SMILES string of the molecule is O=C(C1=CCCCCC1)c1cccc(C(F)(F)F)c1. The van der Waals surface area contributed by atoms with Gasteiger partial charge in [0, 0.05) is 5.56 Å². The molecule has 102 valence electrons. The van der Waals surface area contributed by atoms with Gasteiger partial charge in [-0.2, -0.15) is 13.2 Å². The van der Waals surface area contributed by atoms with Crippen LogP contribution in [0, 0.1) is 0 Å². The van der Waals surface area contributed by atoms with Crippen molar-refractivity contribution < 1.29 is 18.0 Å². The molecule has 2 rings (SSSR count). The van der Waals surface area contributed by atoms with Crippen molar-refractivity contribution in [3.63, 3.8) is 0 Å². The summed E-state index contributed by atoms with van der Waals surface area (Å²) in [5.41, 5.74) is 0.00683. The van der Waals surface area contributed by atoms with E-state index in [-0.39, 0.29) is 11.3 Å². The first-order valence-corrected chi connectivity index (χ1v) is 6.39. The van der Waals surface area contributed by atoms with Gasteiger partial charge in [-0.05, 0) is 43.4 Å². The molecule has 1 aliphatic carbocycles. The van der Waals surface area contributed by atoms with Crippen LogP contribution in [0.25, 0.3) is 0 Å². The highest BCUT2D eigenvalue weighted by Gasteiger charge is 2.31. The van der Waals surface area contributed by atoms with Crippen LogP contribution in [0.5, 0.6) is 0 Å². The highest BCUT2D eigenvalue weighted by Crippen LogP contribution is 2.30. The third kappa shape index (κ3) is 3.46. The van der Waals surface area contributed by atoms with Crippen LogP contribution < -0.4 is 0 Å². The smallest absolute Gasteiger partial charge is 0.289 e. The summed E-state index contributed by atoms with van der Waals surface area (Å²) in [6, 6.07) is 4.66. The molecule has 0 fully saturated rings. The molecule has 19 heavy (non-hydrogen) atoms. The first-order valence-electron chi connectivity index (χ1n) is 6.39. The Morgan fingerprint density at radius 3 is 2.63 bits per heavy atom. The first kappa shape index (κ1) is 13.8. The quantitative estimate of drug-likeness (QED) is 0.705. The van der Waals surface area contributed by atoms with E-state index in [0.29, 0.717) is 12.0 Å². The largest absolute Gasteiger partial charge is 0.416 e. The van der Waals surface area contributed by atoms with Gasteiger partial charge in [0.15, 0.2) is 5.78 Å². The van der Waals surface area contributed by atoms with Gasteiger partial charge in [0.25, 0.3) is 0 Å². The molecule has 1 aliphatic rings. The molecular formula is C15H15F3O. The number of rotatable bonds is 2. The number of hydrogen-bond donors (Lipinski definition) is 0. The Morgan fingerprint density at radius 2 is 1.89 bits per heavy atom. The van der Waals surface area contributed by atoms with Gasteiger partial charge in [-0.3, -0.25) is 4.79 Å². The number of Topliss-reactive ketones (excluding diaryl/α,β-unsaturated/α-hetero) is 1. The molecule has 4 heteroatoms. The molecule has 1 aromatic carbocycles. The maximum atomic E-state index is 12.6. The van der Waals surface area contributed by atoms with Gasteiger partial charge in [-0.25, -0.2) is 0 Å². The monoisotopic (exact) mass is 268 g/mol. The summed E-state index contributed by atoms with van der Waals surface area (Å²) < 4.78 is 37.8. The van der Waals surface area contributed by atoms with E-state index in [1.807, 2.05) is 6.08 Å². The first-order chi connectivity index (χ1) is 8.98. The van der Waals surface area contributed by atoms with E-state index in [9.17, 15) is 18.0 Å². The summed E-state index contributed by atoms with van der Waals surface area (Å²) in [7, 11) is 0.